The summed E-state index contributed by atoms with van der Waals surface area (Å²) in [5.41, 5.74) is 4.02. The van der Waals surface area contributed by atoms with Crippen molar-refractivity contribution in [3.63, 3.8) is 0 Å². The van der Waals surface area contributed by atoms with Crippen LogP contribution in [-0.4, -0.2) is 67.2 Å². The highest BCUT2D eigenvalue weighted by Gasteiger charge is 2.28. The fourth-order valence-electron chi connectivity index (χ4n) is 5.30. The van der Waals surface area contributed by atoms with Gasteiger partial charge in [0.2, 0.25) is 5.95 Å². The summed E-state index contributed by atoms with van der Waals surface area (Å²) in [4.78, 5) is 37.1. The van der Waals surface area contributed by atoms with Gasteiger partial charge >= 0.3 is 0 Å². The van der Waals surface area contributed by atoms with Gasteiger partial charge in [-0.25, -0.2) is 15.0 Å². The Morgan fingerprint density at radius 1 is 1.07 bits per heavy atom. The van der Waals surface area contributed by atoms with E-state index in [1.807, 2.05) is 34.3 Å². The Balaban J connectivity index is 1.23. The molecule has 2 aliphatic rings. The standard InChI is InChI=1S/C30H31N9OS/c1-20(21-3-4-21)25-17-22-18-33-29(34-23-5-7-24(8-6-23)37-14-12-36(2)13-15-37)35-27(22)39(28(25)40)19-26-31-9-11-38(26)30-32-10-16-41-30/h5-11,16-18,21H,1,3-4,12-15,19H2,2H3,(H,33,34,35). The summed E-state index contributed by atoms with van der Waals surface area (Å²) in [5.74, 6) is 1.49. The molecule has 0 bridgehead atoms. The van der Waals surface area contributed by atoms with Crippen LogP contribution in [0, 0.1) is 5.92 Å². The Kier molecular flexibility index (Phi) is 6.60. The maximum absolute atomic E-state index is 13.9. The number of allylic oxidation sites excluding steroid dienone is 1. The number of benzene rings is 1. The number of anilines is 3. The Morgan fingerprint density at radius 2 is 1.88 bits per heavy atom. The quantitative estimate of drug-likeness (QED) is 0.296. The number of piperazine rings is 1. The van der Waals surface area contributed by atoms with Crippen LogP contribution in [0.5, 0.6) is 0 Å². The van der Waals surface area contributed by atoms with Crippen molar-refractivity contribution in [1.29, 1.82) is 0 Å². The van der Waals surface area contributed by atoms with E-state index < -0.39 is 0 Å². The van der Waals surface area contributed by atoms with Crippen LogP contribution in [0.2, 0.25) is 0 Å². The molecule has 1 saturated carbocycles. The number of hydrogen-bond donors (Lipinski definition) is 1. The van der Waals surface area contributed by atoms with E-state index in [1.54, 1.807) is 23.2 Å². The third-order valence-corrected chi connectivity index (χ3v) is 8.65. The summed E-state index contributed by atoms with van der Waals surface area (Å²) in [7, 11) is 2.16. The highest BCUT2D eigenvalue weighted by molar-refractivity contribution is 7.12. The zero-order valence-corrected chi connectivity index (χ0v) is 23.7. The van der Waals surface area contributed by atoms with E-state index in [0.29, 0.717) is 28.9 Å². The lowest BCUT2D eigenvalue weighted by atomic mass is 10.0. The maximum Gasteiger partial charge on any atom is 0.260 e. The van der Waals surface area contributed by atoms with Crippen LogP contribution in [-0.2, 0) is 6.54 Å². The van der Waals surface area contributed by atoms with E-state index in [9.17, 15) is 4.79 Å². The number of nitrogens with one attached hydrogen (secondary N) is 1. The van der Waals surface area contributed by atoms with E-state index in [1.165, 1.54) is 17.0 Å². The molecule has 1 saturated heterocycles. The molecule has 208 valence electrons. The van der Waals surface area contributed by atoms with E-state index >= 15 is 0 Å². The van der Waals surface area contributed by atoms with Gasteiger partial charge in [0, 0.05) is 78.7 Å². The largest absolute Gasteiger partial charge is 0.369 e. The first-order chi connectivity index (χ1) is 20.0. The van der Waals surface area contributed by atoms with Crippen molar-refractivity contribution in [3.05, 3.63) is 88.8 Å². The van der Waals surface area contributed by atoms with Gasteiger partial charge in [0.1, 0.15) is 11.5 Å². The zero-order valence-electron chi connectivity index (χ0n) is 22.9. The van der Waals surface area contributed by atoms with Gasteiger partial charge in [-0.15, -0.1) is 11.3 Å². The van der Waals surface area contributed by atoms with Gasteiger partial charge in [-0.05, 0) is 61.7 Å². The van der Waals surface area contributed by atoms with Crippen LogP contribution in [0.15, 0.2) is 71.9 Å². The summed E-state index contributed by atoms with van der Waals surface area (Å²) in [5, 5.41) is 6.83. The summed E-state index contributed by atoms with van der Waals surface area (Å²) in [6.07, 6.45) is 9.26. The minimum Gasteiger partial charge on any atom is -0.369 e. The first kappa shape index (κ1) is 25.6. The topological polar surface area (TPSA) is 97.0 Å². The summed E-state index contributed by atoms with van der Waals surface area (Å²) < 4.78 is 3.60. The van der Waals surface area contributed by atoms with Gasteiger partial charge in [0.15, 0.2) is 5.13 Å². The Bertz CT molecular complexity index is 1760. The van der Waals surface area contributed by atoms with Crippen LogP contribution in [0.1, 0.15) is 24.2 Å². The number of rotatable bonds is 8. The average molecular weight is 566 g/mol. The molecule has 0 spiro atoms. The van der Waals surface area contributed by atoms with Crippen molar-refractivity contribution in [2.24, 2.45) is 5.92 Å². The van der Waals surface area contributed by atoms with Gasteiger partial charge in [-0.3, -0.25) is 13.9 Å². The van der Waals surface area contributed by atoms with Crippen molar-refractivity contribution in [2.45, 2.75) is 19.4 Å². The molecule has 2 fully saturated rings. The number of pyridine rings is 1. The molecule has 1 aliphatic heterocycles. The molecule has 11 heteroatoms. The highest BCUT2D eigenvalue weighted by atomic mass is 32.1. The van der Waals surface area contributed by atoms with E-state index in [2.05, 4.69) is 55.8 Å². The minimum absolute atomic E-state index is 0.121. The molecule has 1 N–H and O–H groups in total. The van der Waals surface area contributed by atoms with Crippen LogP contribution in [0.3, 0.4) is 0 Å². The molecule has 41 heavy (non-hydrogen) atoms. The van der Waals surface area contributed by atoms with Crippen molar-refractivity contribution in [3.8, 4) is 5.13 Å². The van der Waals surface area contributed by atoms with Crippen LogP contribution in [0.25, 0.3) is 21.7 Å². The zero-order chi connectivity index (χ0) is 27.9. The van der Waals surface area contributed by atoms with Gasteiger partial charge in [0.05, 0.1) is 6.54 Å². The summed E-state index contributed by atoms with van der Waals surface area (Å²) in [6.45, 7) is 8.67. The molecule has 4 aromatic heterocycles. The normalized spacial score (nSPS) is 15.9. The molecule has 0 amide bonds. The second-order valence-corrected chi connectivity index (χ2v) is 11.6. The summed E-state index contributed by atoms with van der Waals surface area (Å²) in [6, 6.07) is 10.2. The Labute approximate surface area is 241 Å². The number of imidazole rings is 1. The number of likely N-dealkylation sites (N-methyl/N-ethyl adjacent to an activating group) is 1. The second-order valence-electron chi connectivity index (χ2n) is 10.7. The lowest BCUT2D eigenvalue weighted by Gasteiger charge is -2.34. The van der Waals surface area contributed by atoms with Gasteiger partial charge in [-0.1, -0.05) is 6.58 Å². The van der Waals surface area contributed by atoms with Crippen molar-refractivity contribution >= 4 is 45.3 Å². The molecular weight excluding hydrogens is 534 g/mol. The summed E-state index contributed by atoms with van der Waals surface area (Å²) >= 11 is 1.52. The first-order valence-corrected chi connectivity index (χ1v) is 14.7. The van der Waals surface area contributed by atoms with E-state index in [-0.39, 0.29) is 12.1 Å². The number of thiazole rings is 1. The van der Waals surface area contributed by atoms with Crippen molar-refractivity contribution in [2.75, 3.05) is 43.4 Å². The third kappa shape index (κ3) is 5.14. The third-order valence-electron chi connectivity index (χ3n) is 7.88. The maximum atomic E-state index is 13.9. The molecule has 1 aromatic carbocycles. The molecule has 0 radical (unpaired) electrons. The Morgan fingerprint density at radius 3 is 2.61 bits per heavy atom. The number of nitrogens with zero attached hydrogens (tertiary/aromatic N) is 8. The SMILES string of the molecule is C=C(c1cc2cnc(Nc3ccc(N4CCN(C)CC4)cc3)nc2n(Cc2nccn2-c2nccs2)c1=O)C1CC1. The number of aromatic nitrogens is 6. The van der Waals surface area contributed by atoms with Gasteiger partial charge in [-0.2, -0.15) is 4.98 Å². The fraction of sp³-hybridized carbons (Fsp3) is 0.300. The van der Waals surface area contributed by atoms with E-state index in [4.69, 9.17) is 4.98 Å². The minimum atomic E-state index is -0.121. The smallest absolute Gasteiger partial charge is 0.260 e. The fourth-order valence-corrected chi connectivity index (χ4v) is 5.94. The molecule has 5 aromatic rings. The van der Waals surface area contributed by atoms with Crippen molar-refractivity contribution in [1.82, 2.24) is 34.0 Å². The molecule has 5 heterocycles. The molecule has 7 rings (SSSR count). The predicted molar refractivity (Wildman–Crippen MR) is 163 cm³/mol. The Hall–Kier alpha value is -4.35. The van der Waals surface area contributed by atoms with E-state index in [0.717, 1.165) is 60.8 Å². The van der Waals surface area contributed by atoms with Crippen molar-refractivity contribution < 1.29 is 0 Å². The number of hydrogen-bond acceptors (Lipinski definition) is 9. The monoisotopic (exact) mass is 565 g/mol. The van der Waals surface area contributed by atoms with Crippen LogP contribution >= 0.6 is 11.3 Å². The molecule has 0 unspecified atom stereocenters. The lowest BCUT2D eigenvalue weighted by molar-refractivity contribution is 0.313. The molecule has 1 aliphatic carbocycles. The molecular formula is C30H31N9OS. The molecule has 10 nitrogen and oxygen atoms in total. The highest BCUT2D eigenvalue weighted by Crippen LogP contribution is 2.40. The van der Waals surface area contributed by atoms with Crippen LogP contribution < -0.4 is 15.8 Å². The lowest BCUT2D eigenvalue weighted by Crippen LogP contribution is -2.44. The van der Waals surface area contributed by atoms with Gasteiger partial charge in [0.25, 0.3) is 5.56 Å². The first-order valence-electron chi connectivity index (χ1n) is 13.9. The number of fused-ring (bicyclic) bond motifs is 1. The van der Waals surface area contributed by atoms with Crippen LogP contribution in [0.4, 0.5) is 17.3 Å². The van der Waals surface area contributed by atoms with Gasteiger partial charge < -0.3 is 15.1 Å². The average Bonchev–Trinajstić information content (AvgIpc) is 3.49. The predicted octanol–water partition coefficient (Wildman–Crippen LogP) is 4.40. The second kappa shape index (κ2) is 10.6. The molecule has 0 atom stereocenters.